The van der Waals surface area contributed by atoms with Gasteiger partial charge in [-0.1, -0.05) is 52.3 Å². The van der Waals surface area contributed by atoms with Gasteiger partial charge in [0, 0.05) is 28.6 Å². The van der Waals surface area contributed by atoms with Crippen LogP contribution in [-0.2, 0) is 0 Å². The molecular formula is C35H25BrN8. The van der Waals surface area contributed by atoms with Crippen LogP contribution in [0.25, 0.3) is 22.8 Å². The second-order valence-electron chi connectivity index (χ2n) is 10.1. The van der Waals surface area contributed by atoms with Crippen molar-refractivity contribution in [3.8, 4) is 22.8 Å². The molecule has 1 aliphatic rings. The van der Waals surface area contributed by atoms with Gasteiger partial charge in [-0.15, -0.1) is 0 Å². The first kappa shape index (κ1) is 27.4. The van der Waals surface area contributed by atoms with Crippen LogP contribution in [0, 0.1) is 6.92 Å². The number of anilines is 1. The number of hydrogen-bond acceptors (Lipinski definition) is 8. The number of halogens is 1. The van der Waals surface area contributed by atoms with E-state index in [0.29, 0.717) is 23.2 Å². The zero-order valence-electron chi connectivity index (χ0n) is 23.7. The second kappa shape index (κ2) is 12.1. The number of aromatic nitrogens is 5. The van der Waals surface area contributed by atoms with Gasteiger partial charge in [0.2, 0.25) is 0 Å². The van der Waals surface area contributed by atoms with Crippen molar-refractivity contribution < 1.29 is 0 Å². The molecule has 212 valence electrons. The van der Waals surface area contributed by atoms with Crippen molar-refractivity contribution in [2.75, 3.05) is 4.90 Å². The Balaban J connectivity index is 1.44. The number of pyridine rings is 5. The van der Waals surface area contributed by atoms with E-state index < -0.39 is 6.17 Å². The minimum Gasteiger partial charge on any atom is -0.281 e. The van der Waals surface area contributed by atoms with E-state index in [1.807, 2.05) is 108 Å². The molecule has 0 N–H and O–H groups in total. The lowest BCUT2D eigenvalue weighted by Gasteiger charge is -2.34. The Morgan fingerprint density at radius 3 is 1.91 bits per heavy atom. The SMILES string of the molecule is Cc1cc(C2=NC(c3cccc(-c4ccccn4)n3)=NC(c3cccc(-c4ccccn4)n3)N2c2ccccn2)ccc1Br. The van der Waals surface area contributed by atoms with Crippen LogP contribution in [0.4, 0.5) is 5.82 Å². The lowest BCUT2D eigenvalue weighted by atomic mass is 10.1. The van der Waals surface area contributed by atoms with E-state index >= 15 is 0 Å². The number of hydrogen-bond donors (Lipinski definition) is 0. The third-order valence-corrected chi connectivity index (χ3v) is 8.00. The Hall–Kier alpha value is -5.41. The first-order valence-corrected chi connectivity index (χ1v) is 14.8. The van der Waals surface area contributed by atoms with Gasteiger partial charge in [-0.3, -0.25) is 14.9 Å². The van der Waals surface area contributed by atoms with E-state index in [4.69, 9.17) is 24.9 Å². The molecule has 0 amide bonds. The van der Waals surface area contributed by atoms with E-state index in [0.717, 1.165) is 44.1 Å². The molecule has 7 rings (SSSR count). The Morgan fingerprint density at radius 1 is 0.614 bits per heavy atom. The van der Waals surface area contributed by atoms with Crippen LogP contribution < -0.4 is 4.90 Å². The maximum atomic E-state index is 5.21. The molecule has 0 radical (unpaired) electrons. The number of rotatable bonds is 6. The molecule has 0 fully saturated rings. The van der Waals surface area contributed by atoms with Gasteiger partial charge in [0.05, 0.1) is 28.5 Å². The van der Waals surface area contributed by atoms with Crippen molar-refractivity contribution in [1.29, 1.82) is 0 Å². The predicted molar refractivity (Wildman–Crippen MR) is 176 cm³/mol. The number of aryl methyl sites for hydroxylation is 1. The molecule has 0 aliphatic carbocycles. The monoisotopic (exact) mass is 636 g/mol. The standard InChI is InChI=1S/C35H25BrN8/c1-23-22-24(17-18-25(23)36)34-42-33(30-14-8-12-28(40-30)26-10-2-5-19-37-26)43-35(44(34)32-16-4-7-21-39-32)31-15-9-13-29(41-31)27-11-3-6-20-38-27/h2-22,35H,1H3. The van der Waals surface area contributed by atoms with Crippen LogP contribution in [0.2, 0.25) is 0 Å². The molecule has 6 aromatic rings. The number of aliphatic imine (C=N–C) groups is 2. The normalized spacial score (nSPS) is 14.6. The van der Waals surface area contributed by atoms with Crippen LogP contribution in [-0.4, -0.2) is 36.6 Å². The molecule has 1 aliphatic heterocycles. The quantitative estimate of drug-likeness (QED) is 0.188. The molecule has 1 atom stereocenters. The highest BCUT2D eigenvalue weighted by molar-refractivity contribution is 9.10. The summed E-state index contributed by atoms with van der Waals surface area (Å²) in [5.41, 5.74) is 6.38. The molecule has 6 heterocycles. The first-order chi connectivity index (χ1) is 21.6. The van der Waals surface area contributed by atoms with Gasteiger partial charge >= 0.3 is 0 Å². The molecule has 0 spiro atoms. The third-order valence-electron chi connectivity index (χ3n) is 7.11. The van der Waals surface area contributed by atoms with Crippen LogP contribution in [0.3, 0.4) is 0 Å². The Labute approximate surface area is 263 Å². The topological polar surface area (TPSA) is 92.4 Å². The molecule has 0 saturated carbocycles. The lowest BCUT2D eigenvalue weighted by molar-refractivity contribution is 0.709. The van der Waals surface area contributed by atoms with Crippen molar-refractivity contribution in [3.05, 3.63) is 155 Å². The van der Waals surface area contributed by atoms with Crippen molar-refractivity contribution in [1.82, 2.24) is 24.9 Å². The van der Waals surface area contributed by atoms with Gasteiger partial charge < -0.3 is 0 Å². The fraction of sp³-hybridized carbons (Fsp3) is 0.0571. The fourth-order valence-corrected chi connectivity index (χ4v) is 5.23. The summed E-state index contributed by atoms with van der Waals surface area (Å²) in [5, 5.41) is 0. The summed E-state index contributed by atoms with van der Waals surface area (Å²) in [6, 6.07) is 35.3. The highest BCUT2D eigenvalue weighted by atomic mass is 79.9. The van der Waals surface area contributed by atoms with Gasteiger partial charge in [0.1, 0.15) is 17.3 Å². The minimum absolute atomic E-state index is 0.487. The maximum Gasteiger partial charge on any atom is 0.178 e. The fourth-order valence-electron chi connectivity index (χ4n) is 4.98. The molecule has 0 bridgehead atoms. The van der Waals surface area contributed by atoms with Gasteiger partial charge in [0.25, 0.3) is 0 Å². The van der Waals surface area contributed by atoms with E-state index in [9.17, 15) is 0 Å². The summed E-state index contributed by atoms with van der Waals surface area (Å²) in [6.45, 7) is 2.06. The Morgan fingerprint density at radius 2 is 1.25 bits per heavy atom. The molecule has 5 aromatic heterocycles. The van der Waals surface area contributed by atoms with E-state index in [2.05, 4.69) is 38.9 Å². The van der Waals surface area contributed by atoms with Gasteiger partial charge in [-0.2, -0.15) is 0 Å². The zero-order chi connectivity index (χ0) is 29.9. The maximum absolute atomic E-state index is 5.21. The van der Waals surface area contributed by atoms with Gasteiger partial charge in [-0.25, -0.2) is 24.9 Å². The van der Waals surface area contributed by atoms with Crippen molar-refractivity contribution in [3.63, 3.8) is 0 Å². The summed E-state index contributed by atoms with van der Waals surface area (Å²) < 4.78 is 1.02. The summed E-state index contributed by atoms with van der Waals surface area (Å²) in [4.78, 5) is 36.1. The van der Waals surface area contributed by atoms with Crippen molar-refractivity contribution >= 4 is 33.4 Å². The Bertz CT molecular complexity index is 2000. The number of nitrogens with zero attached hydrogens (tertiary/aromatic N) is 8. The largest absolute Gasteiger partial charge is 0.281 e. The van der Waals surface area contributed by atoms with Crippen molar-refractivity contribution in [2.24, 2.45) is 9.98 Å². The lowest BCUT2D eigenvalue weighted by Crippen LogP contribution is -2.40. The van der Waals surface area contributed by atoms with Crippen LogP contribution in [0.1, 0.15) is 28.7 Å². The smallest absolute Gasteiger partial charge is 0.178 e. The summed E-state index contributed by atoms with van der Waals surface area (Å²) >= 11 is 3.65. The molecular weight excluding hydrogens is 612 g/mol. The minimum atomic E-state index is -0.597. The molecule has 9 heteroatoms. The van der Waals surface area contributed by atoms with Gasteiger partial charge in [0.15, 0.2) is 12.0 Å². The second-order valence-corrected chi connectivity index (χ2v) is 10.9. The van der Waals surface area contributed by atoms with Gasteiger partial charge in [-0.05, 0) is 85.3 Å². The average Bonchev–Trinajstić information content (AvgIpc) is 3.10. The molecule has 1 aromatic carbocycles. The molecule has 44 heavy (non-hydrogen) atoms. The predicted octanol–water partition coefficient (Wildman–Crippen LogP) is 7.48. The van der Waals surface area contributed by atoms with Crippen LogP contribution >= 0.6 is 15.9 Å². The Kier molecular flexibility index (Phi) is 7.52. The summed E-state index contributed by atoms with van der Waals surface area (Å²) in [7, 11) is 0. The first-order valence-electron chi connectivity index (χ1n) is 14.0. The molecule has 0 saturated heterocycles. The van der Waals surface area contributed by atoms with Crippen LogP contribution in [0.15, 0.2) is 142 Å². The highest BCUT2D eigenvalue weighted by Crippen LogP contribution is 2.34. The van der Waals surface area contributed by atoms with E-state index in [-0.39, 0.29) is 0 Å². The number of benzene rings is 1. The third kappa shape index (κ3) is 5.52. The highest BCUT2D eigenvalue weighted by Gasteiger charge is 2.33. The molecule has 1 unspecified atom stereocenters. The van der Waals surface area contributed by atoms with E-state index in [1.165, 1.54) is 0 Å². The number of amidine groups is 2. The van der Waals surface area contributed by atoms with E-state index in [1.54, 1.807) is 18.6 Å². The average molecular weight is 638 g/mol. The zero-order valence-corrected chi connectivity index (χ0v) is 25.2. The van der Waals surface area contributed by atoms with Crippen LogP contribution in [0.5, 0.6) is 0 Å². The summed E-state index contributed by atoms with van der Waals surface area (Å²) in [5.74, 6) is 1.87. The molecule has 8 nitrogen and oxygen atoms in total. The summed E-state index contributed by atoms with van der Waals surface area (Å²) in [6.07, 6.45) is 4.70. The van der Waals surface area contributed by atoms with Crippen molar-refractivity contribution in [2.45, 2.75) is 13.1 Å².